The van der Waals surface area contributed by atoms with E-state index in [1.165, 1.54) is 31.3 Å². The van der Waals surface area contributed by atoms with Crippen molar-refractivity contribution in [1.82, 2.24) is 15.3 Å². The van der Waals surface area contributed by atoms with Crippen LogP contribution in [0.15, 0.2) is 24.3 Å². The molecule has 1 heterocycles. The molecule has 1 aliphatic heterocycles. The lowest BCUT2D eigenvalue weighted by atomic mass is 9.99. The fraction of sp³-hybridized carbons (Fsp3) is 0.588. The summed E-state index contributed by atoms with van der Waals surface area (Å²) in [7, 11) is 1.30. The van der Waals surface area contributed by atoms with Crippen LogP contribution in [0.3, 0.4) is 0 Å². The number of alkyl halides is 2. The van der Waals surface area contributed by atoms with Crippen LogP contribution >= 0.6 is 0 Å². The van der Waals surface area contributed by atoms with E-state index in [1.807, 2.05) is 13.8 Å². The third-order valence-electron chi connectivity index (χ3n) is 4.12. The molecule has 25 heavy (non-hydrogen) atoms. The summed E-state index contributed by atoms with van der Waals surface area (Å²) in [6.07, 6.45) is 1.58. The zero-order valence-electron chi connectivity index (χ0n) is 15.0. The predicted molar refractivity (Wildman–Crippen MR) is 93.0 cm³/mol. The number of nitrogens with one attached hydrogen (secondary N) is 1. The van der Waals surface area contributed by atoms with Crippen molar-refractivity contribution >= 4 is 6.03 Å². The number of aromatic hydroxyl groups is 1. The Morgan fingerprint density at radius 1 is 1.44 bits per heavy atom. The molecule has 142 valence electrons. The third kappa shape index (κ3) is 5.54. The van der Waals surface area contributed by atoms with Crippen molar-refractivity contribution in [2.24, 2.45) is 11.7 Å². The summed E-state index contributed by atoms with van der Waals surface area (Å²) in [5.41, 5.74) is 4.61. The molecule has 8 heteroatoms. The van der Waals surface area contributed by atoms with Gasteiger partial charge in [0.1, 0.15) is 5.75 Å². The highest BCUT2D eigenvalue weighted by atomic mass is 19.3. The molecular formula is C17H28F2N4O2. The van der Waals surface area contributed by atoms with Gasteiger partial charge in [-0.2, -0.15) is 13.8 Å². The van der Waals surface area contributed by atoms with E-state index < -0.39 is 23.4 Å². The number of primary amides is 1. The van der Waals surface area contributed by atoms with Crippen molar-refractivity contribution in [3.63, 3.8) is 0 Å². The first-order chi connectivity index (χ1) is 11.8. The van der Waals surface area contributed by atoms with E-state index in [0.717, 1.165) is 17.9 Å². The molecular weight excluding hydrogens is 330 g/mol. The van der Waals surface area contributed by atoms with Crippen molar-refractivity contribution < 1.29 is 18.7 Å². The van der Waals surface area contributed by atoms with E-state index in [0.29, 0.717) is 19.6 Å². The van der Waals surface area contributed by atoms with E-state index >= 15 is 0 Å². The SMILES string of the molecule is CC.CN(N1CCCC(CNC(N)=O)C1)C(F)(F)c1ccccc1O. The number of carbonyl (C=O) groups excluding carboxylic acids is 1. The van der Waals surface area contributed by atoms with Gasteiger partial charge in [-0.25, -0.2) is 9.80 Å². The number of amides is 2. The number of carbonyl (C=O) groups is 1. The predicted octanol–water partition coefficient (Wildman–Crippen LogP) is 2.69. The van der Waals surface area contributed by atoms with Crippen LogP contribution in [0.2, 0.25) is 0 Å². The molecule has 2 rings (SSSR count). The average molecular weight is 358 g/mol. The van der Waals surface area contributed by atoms with Gasteiger partial charge in [0.15, 0.2) is 0 Å². The van der Waals surface area contributed by atoms with Gasteiger partial charge in [0.05, 0.1) is 5.56 Å². The van der Waals surface area contributed by atoms with Crippen molar-refractivity contribution in [1.29, 1.82) is 0 Å². The summed E-state index contributed by atoms with van der Waals surface area (Å²) in [6.45, 7) is 5.24. The molecule has 1 aliphatic rings. The summed E-state index contributed by atoms with van der Waals surface area (Å²) in [5.74, 6) is -0.382. The summed E-state index contributed by atoms with van der Waals surface area (Å²) >= 11 is 0. The number of urea groups is 1. The molecule has 1 fully saturated rings. The molecule has 0 saturated carbocycles. The van der Waals surface area contributed by atoms with Gasteiger partial charge in [-0.15, -0.1) is 0 Å². The number of nitrogens with two attached hydrogens (primary N) is 1. The minimum absolute atomic E-state index is 0.0545. The number of benzene rings is 1. The van der Waals surface area contributed by atoms with Gasteiger partial charge in [0.25, 0.3) is 0 Å². The molecule has 1 unspecified atom stereocenters. The maximum absolute atomic E-state index is 14.7. The van der Waals surface area contributed by atoms with Crippen LogP contribution in [0, 0.1) is 5.92 Å². The van der Waals surface area contributed by atoms with E-state index in [-0.39, 0.29) is 5.92 Å². The van der Waals surface area contributed by atoms with Crippen molar-refractivity contribution in [3.8, 4) is 5.75 Å². The number of phenols is 1. The number of rotatable bonds is 5. The van der Waals surface area contributed by atoms with Gasteiger partial charge in [-0.1, -0.05) is 26.0 Å². The number of hydrogen-bond donors (Lipinski definition) is 3. The summed E-state index contributed by atoms with van der Waals surface area (Å²) in [4.78, 5) is 10.8. The maximum atomic E-state index is 14.7. The average Bonchev–Trinajstić information content (AvgIpc) is 2.61. The standard InChI is InChI=1S/C15H22F2N4O2.C2H6/c1-20(15(16,17)12-6-2-3-7-13(12)22)21-8-4-5-11(10-21)9-19-14(18)23;1-2/h2-3,6-7,11,22H,4-5,8-10H2,1H3,(H3,18,19,23);1-2H3. The lowest BCUT2D eigenvalue weighted by molar-refractivity contribution is -0.244. The molecule has 2 amide bonds. The molecule has 4 N–H and O–H groups in total. The Labute approximate surface area is 147 Å². The van der Waals surface area contributed by atoms with E-state index in [1.54, 1.807) is 5.01 Å². The largest absolute Gasteiger partial charge is 0.507 e. The number of nitrogens with zero attached hydrogens (tertiary/aromatic N) is 2. The lowest BCUT2D eigenvalue weighted by Gasteiger charge is -2.42. The normalized spacial score (nSPS) is 18.4. The number of piperidine rings is 1. The quantitative estimate of drug-likeness (QED) is 0.707. The van der Waals surface area contributed by atoms with Crippen LogP contribution in [0.5, 0.6) is 5.75 Å². The highest BCUT2D eigenvalue weighted by molar-refractivity contribution is 5.71. The highest BCUT2D eigenvalue weighted by Gasteiger charge is 2.43. The number of phenolic OH excluding ortho intramolecular Hbond substituents is 1. The van der Waals surface area contributed by atoms with Crippen molar-refractivity contribution in [2.75, 3.05) is 26.7 Å². The molecule has 0 aromatic heterocycles. The second-order valence-electron chi connectivity index (χ2n) is 5.75. The Bertz CT molecular complexity index is 557. The molecule has 1 aromatic carbocycles. The minimum atomic E-state index is -3.33. The monoisotopic (exact) mass is 358 g/mol. The van der Waals surface area contributed by atoms with Crippen molar-refractivity contribution in [3.05, 3.63) is 29.8 Å². The maximum Gasteiger partial charge on any atom is 0.347 e. The van der Waals surface area contributed by atoms with E-state index in [2.05, 4.69) is 5.32 Å². The molecule has 1 atom stereocenters. The van der Waals surface area contributed by atoms with E-state index in [4.69, 9.17) is 5.73 Å². The zero-order chi connectivity index (χ0) is 19.0. The van der Waals surface area contributed by atoms with E-state index in [9.17, 15) is 18.7 Å². The van der Waals surface area contributed by atoms with Gasteiger partial charge in [-0.3, -0.25) is 0 Å². The molecule has 0 spiro atoms. The Kier molecular flexibility index (Phi) is 8.05. The topological polar surface area (TPSA) is 81.8 Å². The number of para-hydroxylation sites is 1. The van der Waals surface area contributed by atoms with Gasteiger partial charge in [0.2, 0.25) is 0 Å². The smallest absolute Gasteiger partial charge is 0.347 e. The second kappa shape index (κ2) is 9.53. The van der Waals surface area contributed by atoms with Crippen LogP contribution < -0.4 is 11.1 Å². The second-order valence-corrected chi connectivity index (χ2v) is 5.75. The number of hydrazine groups is 1. The third-order valence-corrected chi connectivity index (χ3v) is 4.12. The first-order valence-corrected chi connectivity index (χ1v) is 8.50. The summed E-state index contributed by atoms with van der Waals surface area (Å²) in [6, 6.07) is 1.47. The van der Waals surface area contributed by atoms with Gasteiger partial charge >= 0.3 is 12.1 Å². The molecule has 6 nitrogen and oxygen atoms in total. The molecule has 0 bridgehead atoms. The fourth-order valence-electron chi connectivity index (χ4n) is 2.81. The van der Waals surface area contributed by atoms with Crippen molar-refractivity contribution in [2.45, 2.75) is 32.7 Å². The number of halogens is 2. The minimum Gasteiger partial charge on any atom is -0.507 e. The van der Waals surface area contributed by atoms with Gasteiger partial charge < -0.3 is 16.2 Å². The van der Waals surface area contributed by atoms with Crippen LogP contribution in [-0.4, -0.2) is 47.8 Å². The molecule has 0 aliphatic carbocycles. The molecule has 0 radical (unpaired) electrons. The first-order valence-electron chi connectivity index (χ1n) is 8.50. The lowest BCUT2D eigenvalue weighted by Crippen LogP contribution is -2.53. The van der Waals surface area contributed by atoms with Crippen LogP contribution in [0.25, 0.3) is 0 Å². The Hall–Kier alpha value is -1.93. The van der Waals surface area contributed by atoms with Crippen LogP contribution in [-0.2, 0) is 6.05 Å². The first kappa shape index (κ1) is 21.1. The molecule has 1 aromatic rings. The Morgan fingerprint density at radius 3 is 2.68 bits per heavy atom. The van der Waals surface area contributed by atoms with Gasteiger partial charge in [0, 0.05) is 26.7 Å². The number of hydrogen-bond acceptors (Lipinski definition) is 4. The Morgan fingerprint density at radius 2 is 2.08 bits per heavy atom. The Balaban J connectivity index is 0.00000151. The summed E-state index contributed by atoms with van der Waals surface area (Å²) in [5, 5.41) is 14.6. The van der Waals surface area contributed by atoms with Crippen LogP contribution in [0.1, 0.15) is 32.3 Å². The zero-order valence-corrected chi connectivity index (χ0v) is 15.0. The van der Waals surface area contributed by atoms with Gasteiger partial charge in [-0.05, 0) is 30.9 Å². The summed E-state index contributed by atoms with van der Waals surface area (Å²) < 4.78 is 29.3. The van der Waals surface area contributed by atoms with Crippen LogP contribution in [0.4, 0.5) is 13.6 Å². The highest BCUT2D eigenvalue weighted by Crippen LogP contribution is 2.38. The molecule has 1 saturated heterocycles. The fourth-order valence-corrected chi connectivity index (χ4v) is 2.81.